The van der Waals surface area contributed by atoms with Gasteiger partial charge in [0.05, 0.1) is 11.9 Å². The molecule has 0 bridgehead atoms. The van der Waals surface area contributed by atoms with Crippen molar-refractivity contribution in [1.82, 2.24) is 9.97 Å². The standard InChI is InChI=1S/C18H14N3O2/c19-17(22)18-20-11-10-15(21-18)14-8-4-5-9-16(14)23-12-13-6-2-1-3-7-13/h1-10H,12H2,(H2,19,22). The fourth-order valence-corrected chi connectivity index (χ4v) is 2.11. The van der Waals surface area contributed by atoms with Crippen molar-refractivity contribution in [2.45, 2.75) is 6.61 Å². The van der Waals surface area contributed by atoms with Crippen LogP contribution in [0.25, 0.3) is 11.3 Å². The molecule has 0 saturated heterocycles. The summed E-state index contributed by atoms with van der Waals surface area (Å²) in [6, 6.07) is 18.9. The van der Waals surface area contributed by atoms with Crippen LogP contribution in [0.4, 0.5) is 0 Å². The third-order valence-electron chi connectivity index (χ3n) is 3.22. The molecule has 0 atom stereocenters. The summed E-state index contributed by atoms with van der Waals surface area (Å²) >= 11 is 0. The zero-order valence-corrected chi connectivity index (χ0v) is 12.3. The van der Waals surface area contributed by atoms with Crippen LogP contribution >= 0.6 is 0 Å². The Morgan fingerprint density at radius 1 is 1.09 bits per heavy atom. The predicted molar refractivity (Wildman–Crippen MR) is 85.6 cm³/mol. The lowest BCUT2D eigenvalue weighted by atomic mass is 10.1. The van der Waals surface area contributed by atoms with Gasteiger partial charge in [-0.05, 0) is 23.8 Å². The van der Waals surface area contributed by atoms with Gasteiger partial charge in [0.2, 0.25) is 5.82 Å². The fraction of sp³-hybridized carbons (Fsp3) is 0.0556. The minimum absolute atomic E-state index is 0.0691. The number of benzene rings is 2. The highest BCUT2D eigenvalue weighted by molar-refractivity contribution is 5.89. The highest BCUT2D eigenvalue weighted by Crippen LogP contribution is 2.28. The SMILES string of the molecule is NC(=O)c1n[c]cc(-c2ccccc2OCc2ccccc2)n1. The summed E-state index contributed by atoms with van der Waals surface area (Å²) in [6.45, 7) is 0.440. The van der Waals surface area contributed by atoms with Gasteiger partial charge in [-0.2, -0.15) is 0 Å². The van der Waals surface area contributed by atoms with Crippen molar-refractivity contribution in [2.24, 2.45) is 5.73 Å². The average molecular weight is 304 g/mol. The molecule has 2 aromatic carbocycles. The van der Waals surface area contributed by atoms with E-state index in [1.807, 2.05) is 54.6 Å². The summed E-state index contributed by atoms with van der Waals surface area (Å²) < 4.78 is 5.89. The van der Waals surface area contributed by atoms with Gasteiger partial charge < -0.3 is 10.5 Å². The minimum Gasteiger partial charge on any atom is -0.488 e. The van der Waals surface area contributed by atoms with E-state index in [0.29, 0.717) is 18.1 Å². The molecule has 113 valence electrons. The first-order chi connectivity index (χ1) is 11.2. The number of nitrogens with zero attached hydrogens (tertiary/aromatic N) is 2. The Hall–Kier alpha value is -3.21. The maximum Gasteiger partial charge on any atom is 0.286 e. The highest BCUT2D eigenvalue weighted by Gasteiger charge is 2.11. The molecular formula is C18H14N3O2. The number of amides is 1. The Morgan fingerprint density at radius 3 is 2.61 bits per heavy atom. The number of primary amides is 1. The lowest BCUT2D eigenvalue weighted by molar-refractivity contribution is 0.0990. The van der Waals surface area contributed by atoms with E-state index in [-0.39, 0.29) is 5.82 Å². The second-order valence-electron chi connectivity index (χ2n) is 4.84. The van der Waals surface area contributed by atoms with Crippen LogP contribution in [0.15, 0.2) is 60.7 Å². The van der Waals surface area contributed by atoms with Crippen molar-refractivity contribution in [2.75, 3.05) is 0 Å². The molecule has 2 N–H and O–H groups in total. The average Bonchev–Trinajstić information content (AvgIpc) is 2.61. The fourth-order valence-electron chi connectivity index (χ4n) is 2.11. The monoisotopic (exact) mass is 304 g/mol. The number of aromatic nitrogens is 2. The first kappa shape index (κ1) is 14.7. The van der Waals surface area contributed by atoms with Gasteiger partial charge in [0.25, 0.3) is 5.91 Å². The number of hydrogen-bond acceptors (Lipinski definition) is 4. The lowest BCUT2D eigenvalue weighted by Crippen LogP contribution is -2.15. The van der Waals surface area contributed by atoms with Crippen LogP contribution in [-0.2, 0) is 6.61 Å². The van der Waals surface area contributed by atoms with Crippen molar-refractivity contribution in [1.29, 1.82) is 0 Å². The third kappa shape index (κ3) is 3.52. The van der Waals surface area contributed by atoms with Crippen LogP contribution in [0.2, 0.25) is 0 Å². The van der Waals surface area contributed by atoms with E-state index in [0.717, 1.165) is 11.1 Å². The molecule has 3 rings (SSSR count). The molecule has 1 aromatic heterocycles. The number of rotatable bonds is 5. The summed E-state index contributed by atoms with van der Waals surface area (Å²) in [5.74, 6) is -0.0926. The van der Waals surface area contributed by atoms with E-state index in [1.165, 1.54) is 0 Å². The number of para-hydroxylation sites is 1. The van der Waals surface area contributed by atoms with E-state index in [1.54, 1.807) is 6.07 Å². The van der Waals surface area contributed by atoms with E-state index < -0.39 is 5.91 Å². The Kier molecular flexibility index (Phi) is 4.29. The molecule has 0 unspecified atom stereocenters. The van der Waals surface area contributed by atoms with Crippen LogP contribution in [0.3, 0.4) is 0 Å². The quantitative estimate of drug-likeness (QED) is 0.786. The van der Waals surface area contributed by atoms with Gasteiger partial charge >= 0.3 is 0 Å². The maximum absolute atomic E-state index is 11.2. The summed E-state index contributed by atoms with van der Waals surface area (Å²) in [5.41, 5.74) is 7.58. The Balaban J connectivity index is 1.89. The smallest absolute Gasteiger partial charge is 0.286 e. The molecule has 0 fully saturated rings. The van der Waals surface area contributed by atoms with E-state index in [4.69, 9.17) is 10.5 Å². The predicted octanol–water partition coefficient (Wildman–Crippen LogP) is 2.62. The molecule has 5 heteroatoms. The third-order valence-corrected chi connectivity index (χ3v) is 3.22. The van der Waals surface area contributed by atoms with Gasteiger partial charge in [0, 0.05) is 5.56 Å². The van der Waals surface area contributed by atoms with Crippen molar-refractivity contribution in [3.63, 3.8) is 0 Å². The zero-order valence-electron chi connectivity index (χ0n) is 12.3. The van der Waals surface area contributed by atoms with Gasteiger partial charge in [-0.3, -0.25) is 4.79 Å². The first-order valence-corrected chi connectivity index (χ1v) is 7.05. The van der Waals surface area contributed by atoms with Crippen LogP contribution in [0.1, 0.15) is 16.2 Å². The van der Waals surface area contributed by atoms with Crippen molar-refractivity contribution < 1.29 is 9.53 Å². The zero-order chi connectivity index (χ0) is 16.1. The van der Waals surface area contributed by atoms with Gasteiger partial charge in [-0.15, -0.1) is 0 Å². The molecule has 0 aliphatic rings. The van der Waals surface area contributed by atoms with Gasteiger partial charge in [0.15, 0.2) is 0 Å². The molecule has 23 heavy (non-hydrogen) atoms. The van der Waals surface area contributed by atoms with Crippen LogP contribution in [-0.4, -0.2) is 15.9 Å². The Morgan fingerprint density at radius 2 is 1.83 bits per heavy atom. The summed E-state index contributed by atoms with van der Waals surface area (Å²) in [5, 5.41) is 0. The molecule has 0 saturated carbocycles. The largest absolute Gasteiger partial charge is 0.488 e. The van der Waals surface area contributed by atoms with Crippen LogP contribution < -0.4 is 10.5 Å². The number of hydrogen-bond donors (Lipinski definition) is 1. The van der Waals surface area contributed by atoms with E-state index in [2.05, 4.69) is 16.2 Å². The van der Waals surface area contributed by atoms with Crippen LogP contribution in [0.5, 0.6) is 5.75 Å². The summed E-state index contributed by atoms with van der Waals surface area (Å²) in [6.07, 6.45) is 2.64. The van der Waals surface area contributed by atoms with Gasteiger partial charge in [-0.25, -0.2) is 9.97 Å². The summed E-state index contributed by atoms with van der Waals surface area (Å²) in [7, 11) is 0. The van der Waals surface area contributed by atoms with Gasteiger partial charge in [0.1, 0.15) is 12.4 Å². The summed E-state index contributed by atoms with van der Waals surface area (Å²) in [4.78, 5) is 19.1. The molecule has 0 aliphatic carbocycles. The normalized spacial score (nSPS) is 10.3. The highest BCUT2D eigenvalue weighted by atomic mass is 16.5. The lowest BCUT2D eigenvalue weighted by Gasteiger charge is -2.11. The van der Waals surface area contributed by atoms with E-state index >= 15 is 0 Å². The number of carbonyl (C=O) groups excluding carboxylic acids is 1. The number of carbonyl (C=O) groups is 1. The molecule has 1 heterocycles. The van der Waals surface area contributed by atoms with Crippen molar-refractivity contribution >= 4 is 5.91 Å². The molecule has 0 aliphatic heterocycles. The van der Waals surface area contributed by atoms with Gasteiger partial charge in [-0.1, -0.05) is 42.5 Å². The Labute approximate surface area is 133 Å². The number of ether oxygens (including phenoxy) is 1. The molecule has 1 radical (unpaired) electrons. The minimum atomic E-state index is -0.689. The topological polar surface area (TPSA) is 78.1 Å². The van der Waals surface area contributed by atoms with Crippen LogP contribution in [0, 0.1) is 6.20 Å². The first-order valence-electron chi connectivity index (χ1n) is 7.05. The molecule has 3 aromatic rings. The van der Waals surface area contributed by atoms with Crippen molar-refractivity contribution in [3.05, 3.63) is 78.2 Å². The number of nitrogens with two attached hydrogens (primary N) is 1. The van der Waals surface area contributed by atoms with E-state index in [9.17, 15) is 4.79 Å². The second-order valence-corrected chi connectivity index (χ2v) is 4.84. The second kappa shape index (κ2) is 6.70. The molecule has 5 nitrogen and oxygen atoms in total. The van der Waals surface area contributed by atoms with Crippen molar-refractivity contribution in [3.8, 4) is 17.0 Å². The Bertz CT molecular complexity index is 819. The maximum atomic E-state index is 11.2. The molecular weight excluding hydrogens is 290 g/mol. The molecule has 0 spiro atoms. The molecule has 1 amide bonds.